The van der Waals surface area contributed by atoms with E-state index in [-0.39, 0.29) is 27.6 Å². The number of halogens is 2. The molecule has 0 aromatic heterocycles. The highest BCUT2D eigenvalue weighted by Gasteiger charge is 2.21. The number of sulfonamides is 1. The van der Waals surface area contributed by atoms with Crippen LogP contribution in [-0.2, 0) is 10.0 Å². The average Bonchev–Trinajstić information content (AvgIpc) is 2.28. The van der Waals surface area contributed by atoms with Gasteiger partial charge in [-0.2, -0.15) is 0 Å². The molecule has 0 atom stereocenters. The van der Waals surface area contributed by atoms with Crippen molar-refractivity contribution >= 4 is 43.5 Å². The molecule has 0 spiro atoms. The molecule has 1 aromatic carbocycles. The van der Waals surface area contributed by atoms with Crippen LogP contribution in [0.1, 0.15) is 15.9 Å². The van der Waals surface area contributed by atoms with E-state index in [2.05, 4.69) is 27.2 Å². The Morgan fingerprint density at radius 3 is 2.58 bits per heavy atom. The van der Waals surface area contributed by atoms with Crippen LogP contribution in [0.5, 0.6) is 0 Å². The summed E-state index contributed by atoms with van der Waals surface area (Å²) in [4.78, 5) is 10.9. The highest BCUT2D eigenvalue weighted by atomic mass is 79.9. The molecule has 0 aliphatic heterocycles. The third-order valence-corrected chi connectivity index (χ3v) is 4.32. The van der Waals surface area contributed by atoms with Gasteiger partial charge in [-0.1, -0.05) is 34.1 Å². The highest BCUT2D eigenvalue weighted by molar-refractivity contribution is 9.11. The molecule has 5 nitrogen and oxygen atoms in total. The molecule has 1 aromatic rings. The summed E-state index contributed by atoms with van der Waals surface area (Å²) in [5.74, 6) is -1.23. The van der Waals surface area contributed by atoms with Crippen molar-refractivity contribution in [2.24, 2.45) is 0 Å². The summed E-state index contributed by atoms with van der Waals surface area (Å²) in [5, 5.41) is 9.05. The van der Waals surface area contributed by atoms with Crippen molar-refractivity contribution in [3.8, 4) is 0 Å². The standard InChI is InChI=1S/C11H11BrClNO4S/c1-6(12)5-14-19(17,18)10-4-8(13)3-9(7(10)2)11(15)16/h3-4,14H,1,5H2,2H3,(H,15,16). The molecular formula is C11H11BrClNO4S. The monoisotopic (exact) mass is 367 g/mol. The van der Waals surface area contributed by atoms with E-state index in [1.807, 2.05) is 0 Å². The van der Waals surface area contributed by atoms with Gasteiger partial charge in [-0.3, -0.25) is 0 Å². The molecule has 0 fully saturated rings. The minimum absolute atomic E-state index is 0.00328. The maximum atomic E-state index is 12.1. The van der Waals surface area contributed by atoms with Crippen LogP contribution in [0.25, 0.3) is 0 Å². The van der Waals surface area contributed by atoms with Crippen molar-refractivity contribution in [2.75, 3.05) is 6.54 Å². The van der Waals surface area contributed by atoms with Crippen LogP contribution >= 0.6 is 27.5 Å². The first-order valence-electron chi connectivity index (χ1n) is 5.01. The fourth-order valence-electron chi connectivity index (χ4n) is 1.41. The topological polar surface area (TPSA) is 83.5 Å². The van der Waals surface area contributed by atoms with Crippen LogP contribution in [0.4, 0.5) is 0 Å². The van der Waals surface area contributed by atoms with Crippen LogP contribution in [0.2, 0.25) is 5.02 Å². The molecule has 2 N–H and O–H groups in total. The summed E-state index contributed by atoms with van der Waals surface area (Å²) < 4.78 is 26.9. The number of hydrogen-bond acceptors (Lipinski definition) is 3. The zero-order valence-electron chi connectivity index (χ0n) is 9.91. The summed E-state index contributed by atoms with van der Waals surface area (Å²) in [6.07, 6.45) is 0. The maximum Gasteiger partial charge on any atom is 0.336 e. The van der Waals surface area contributed by atoms with Gasteiger partial charge in [0.05, 0.1) is 10.5 Å². The molecule has 0 heterocycles. The zero-order valence-corrected chi connectivity index (χ0v) is 13.1. The Balaban J connectivity index is 3.34. The summed E-state index contributed by atoms with van der Waals surface area (Å²) in [7, 11) is -3.85. The maximum absolute atomic E-state index is 12.1. The summed E-state index contributed by atoms with van der Waals surface area (Å²) >= 11 is 8.78. The Morgan fingerprint density at radius 1 is 1.53 bits per heavy atom. The molecular weight excluding hydrogens is 358 g/mol. The van der Waals surface area contributed by atoms with Gasteiger partial charge in [-0.15, -0.1) is 0 Å². The van der Waals surface area contributed by atoms with Gasteiger partial charge in [0.2, 0.25) is 10.0 Å². The predicted molar refractivity (Wildman–Crippen MR) is 76.4 cm³/mol. The minimum Gasteiger partial charge on any atom is -0.478 e. The van der Waals surface area contributed by atoms with Crippen molar-refractivity contribution < 1.29 is 18.3 Å². The first-order chi connectivity index (χ1) is 8.65. The van der Waals surface area contributed by atoms with E-state index in [4.69, 9.17) is 16.7 Å². The van der Waals surface area contributed by atoms with E-state index in [0.717, 1.165) is 0 Å². The van der Waals surface area contributed by atoms with Gasteiger partial charge >= 0.3 is 5.97 Å². The summed E-state index contributed by atoms with van der Waals surface area (Å²) in [5.41, 5.74) is -0.0184. The van der Waals surface area contributed by atoms with Crippen molar-refractivity contribution in [1.29, 1.82) is 0 Å². The molecule has 19 heavy (non-hydrogen) atoms. The molecule has 1 rings (SSSR count). The Labute approximate surface area is 124 Å². The molecule has 8 heteroatoms. The number of nitrogens with one attached hydrogen (secondary N) is 1. The van der Waals surface area contributed by atoms with Crippen LogP contribution in [-0.4, -0.2) is 26.0 Å². The van der Waals surface area contributed by atoms with Gasteiger partial charge in [-0.25, -0.2) is 17.9 Å². The van der Waals surface area contributed by atoms with E-state index >= 15 is 0 Å². The molecule has 0 bridgehead atoms. The van der Waals surface area contributed by atoms with Crippen LogP contribution in [0, 0.1) is 6.92 Å². The molecule has 0 radical (unpaired) electrons. The number of hydrogen-bond donors (Lipinski definition) is 2. The molecule has 104 valence electrons. The quantitative estimate of drug-likeness (QED) is 0.836. The molecule has 0 aliphatic rings. The molecule has 0 unspecified atom stereocenters. The second-order valence-corrected chi connectivity index (χ2v) is 7.02. The van der Waals surface area contributed by atoms with Crippen molar-refractivity contribution in [3.05, 3.63) is 39.3 Å². The van der Waals surface area contributed by atoms with Gasteiger partial charge in [0.25, 0.3) is 0 Å². The third-order valence-electron chi connectivity index (χ3n) is 2.30. The van der Waals surface area contributed by atoms with Crippen LogP contribution in [0.3, 0.4) is 0 Å². The lowest BCUT2D eigenvalue weighted by Crippen LogP contribution is -2.26. The van der Waals surface area contributed by atoms with Crippen LogP contribution < -0.4 is 4.72 Å². The Morgan fingerprint density at radius 2 is 2.11 bits per heavy atom. The summed E-state index contributed by atoms with van der Waals surface area (Å²) in [6.45, 7) is 4.92. The van der Waals surface area contributed by atoms with E-state index in [0.29, 0.717) is 4.48 Å². The van der Waals surface area contributed by atoms with Gasteiger partial charge in [-0.05, 0) is 24.6 Å². The lowest BCUT2D eigenvalue weighted by Gasteiger charge is -2.11. The van der Waals surface area contributed by atoms with Gasteiger partial charge in [0, 0.05) is 16.0 Å². The van der Waals surface area contributed by atoms with Gasteiger partial charge in [0.1, 0.15) is 0 Å². The van der Waals surface area contributed by atoms with E-state index in [1.165, 1.54) is 19.1 Å². The lowest BCUT2D eigenvalue weighted by molar-refractivity contribution is 0.0696. The molecule has 0 aliphatic carbocycles. The largest absolute Gasteiger partial charge is 0.478 e. The fourth-order valence-corrected chi connectivity index (χ4v) is 3.33. The molecule has 0 saturated heterocycles. The lowest BCUT2D eigenvalue weighted by atomic mass is 10.1. The van der Waals surface area contributed by atoms with E-state index in [1.54, 1.807) is 0 Å². The first-order valence-corrected chi connectivity index (χ1v) is 7.67. The van der Waals surface area contributed by atoms with Crippen molar-refractivity contribution in [3.63, 3.8) is 0 Å². The average molecular weight is 369 g/mol. The Kier molecular flexibility index (Phi) is 5.14. The van der Waals surface area contributed by atoms with Gasteiger partial charge in [0.15, 0.2) is 0 Å². The third kappa shape index (κ3) is 4.04. The predicted octanol–water partition coefficient (Wildman–Crippen LogP) is 2.53. The SMILES string of the molecule is C=C(Br)CNS(=O)(=O)c1cc(Cl)cc(C(=O)O)c1C. The summed E-state index contributed by atoms with van der Waals surface area (Å²) in [6, 6.07) is 2.42. The van der Waals surface area contributed by atoms with E-state index in [9.17, 15) is 13.2 Å². The first kappa shape index (κ1) is 16.2. The highest BCUT2D eigenvalue weighted by Crippen LogP contribution is 2.24. The second-order valence-electron chi connectivity index (χ2n) is 3.72. The van der Waals surface area contributed by atoms with Crippen molar-refractivity contribution in [2.45, 2.75) is 11.8 Å². The van der Waals surface area contributed by atoms with E-state index < -0.39 is 16.0 Å². The molecule has 0 saturated carbocycles. The zero-order chi connectivity index (χ0) is 14.8. The Hall–Kier alpha value is -0.890. The number of benzene rings is 1. The number of carbonyl (C=O) groups is 1. The second kappa shape index (κ2) is 6.04. The van der Waals surface area contributed by atoms with Crippen molar-refractivity contribution in [1.82, 2.24) is 4.72 Å². The minimum atomic E-state index is -3.85. The normalized spacial score (nSPS) is 11.3. The number of rotatable bonds is 5. The molecule has 0 amide bonds. The fraction of sp³-hybridized carbons (Fsp3) is 0.182. The Bertz CT molecular complexity index is 642. The number of carboxylic acids is 1. The van der Waals surface area contributed by atoms with Crippen LogP contribution in [0.15, 0.2) is 28.1 Å². The van der Waals surface area contributed by atoms with Gasteiger partial charge < -0.3 is 5.11 Å². The number of carboxylic acid groups (broad SMARTS) is 1. The smallest absolute Gasteiger partial charge is 0.336 e. The number of aromatic carboxylic acids is 1.